The molecule has 0 atom stereocenters. The quantitative estimate of drug-likeness (QED) is 0.390. The maximum atomic E-state index is 13.6. The van der Waals surface area contributed by atoms with Crippen LogP contribution in [0.3, 0.4) is 0 Å². The van der Waals surface area contributed by atoms with Crippen LogP contribution in [0.1, 0.15) is 5.56 Å². The minimum atomic E-state index is -0.504. The van der Waals surface area contributed by atoms with E-state index in [1.165, 1.54) is 35.2 Å². The van der Waals surface area contributed by atoms with Crippen LogP contribution in [-0.4, -0.2) is 16.2 Å². The molecule has 2 N–H and O–H groups in total. The number of rotatable bonds is 5. The van der Waals surface area contributed by atoms with E-state index in [1.54, 1.807) is 30.3 Å². The molecule has 3 aromatic rings. The van der Waals surface area contributed by atoms with Crippen LogP contribution in [0.15, 0.2) is 46.8 Å². The van der Waals surface area contributed by atoms with Crippen LogP contribution in [0.25, 0.3) is 0 Å². The average molecular weight is 429 g/mol. The van der Waals surface area contributed by atoms with Gasteiger partial charge in [0.15, 0.2) is 4.34 Å². The number of aromatic nitrogens is 2. The summed E-state index contributed by atoms with van der Waals surface area (Å²) in [4.78, 5) is 12.0. The normalized spacial score (nSPS) is 10.6. The minimum absolute atomic E-state index is 0.262. The number of halogens is 3. The van der Waals surface area contributed by atoms with Gasteiger partial charge in [-0.25, -0.2) is 9.18 Å². The first-order valence-corrected chi connectivity index (χ1v) is 9.80. The van der Waals surface area contributed by atoms with Gasteiger partial charge in [0, 0.05) is 10.8 Å². The van der Waals surface area contributed by atoms with Gasteiger partial charge in [-0.3, -0.25) is 5.32 Å². The van der Waals surface area contributed by atoms with E-state index in [0.717, 1.165) is 0 Å². The lowest BCUT2D eigenvalue weighted by Crippen LogP contribution is -2.19. The van der Waals surface area contributed by atoms with Crippen LogP contribution in [0, 0.1) is 5.82 Å². The van der Waals surface area contributed by atoms with Crippen molar-refractivity contribution in [3.63, 3.8) is 0 Å². The third-order valence-electron chi connectivity index (χ3n) is 3.12. The van der Waals surface area contributed by atoms with E-state index in [9.17, 15) is 9.18 Å². The van der Waals surface area contributed by atoms with Gasteiger partial charge < -0.3 is 5.32 Å². The number of carbonyl (C=O) groups excluding carboxylic acids is 1. The smallest absolute Gasteiger partial charge is 0.306 e. The Kier molecular flexibility index (Phi) is 6.31. The van der Waals surface area contributed by atoms with Crippen LogP contribution >= 0.6 is 46.3 Å². The van der Waals surface area contributed by atoms with Crippen LogP contribution < -0.4 is 10.6 Å². The Morgan fingerprint density at radius 3 is 2.73 bits per heavy atom. The average Bonchev–Trinajstić information content (AvgIpc) is 3.04. The predicted molar refractivity (Wildman–Crippen MR) is 105 cm³/mol. The molecule has 10 heteroatoms. The molecular weight excluding hydrogens is 418 g/mol. The van der Waals surface area contributed by atoms with E-state index in [2.05, 4.69) is 20.8 Å². The summed E-state index contributed by atoms with van der Waals surface area (Å²) in [6.45, 7) is 0. The largest absolute Gasteiger partial charge is 0.325 e. The second-order valence-corrected chi connectivity index (χ2v) is 8.00. The SMILES string of the molecule is O=C(Nc1nnc(SCc2ccccc2F)s1)Nc1ccc(Cl)cc1Cl. The molecule has 3 rings (SSSR count). The number of anilines is 2. The zero-order valence-electron chi connectivity index (χ0n) is 13.0. The monoisotopic (exact) mass is 428 g/mol. The van der Waals surface area contributed by atoms with Crippen molar-refractivity contribution in [2.75, 3.05) is 10.6 Å². The number of urea groups is 1. The highest BCUT2D eigenvalue weighted by atomic mass is 35.5. The number of hydrogen-bond acceptors (Lipinski definition) is 5. The number of benzene rings is 2. The zero-order chi connectivity index (χ0) is 18.5. The Morgan fingerprint density at radius 2 is 1.96 bits per heavy atom. The van der Waals surface area contributed by atoms with Gasteiger partial charge in [-0.15, -0.1) is 10.2 Å². The number of thioether (sulfide) groups is 1. The van der Waals surface area contributed by atoms with Gasteiger partial charge in [0.05, 0.1) is 10.7 Å². The Morgan fingerprint density at radius 1 is 1.15 bits per heavy atom. The van der Waals surface area contributed by atoms with Crippen LogP contribution in [0.4, 0.5) is 20.0 Å². The summed E-state index contributed by atoms with van der Waals surface area (Å²) < 4.78 is 14.2. The van der Waals surface area contributed by atoms with Gasteiger partial charge in [-0.1, -0.05) is 64.5 Å². The first-order valence-electron chi connectivity index (χ1n) is 7.24. The molecule has 0 aliphatic rings. The Hall–Kier alpha value is -1.87. The molecule has 134 valence electrons. The van der Waals surface area contributed by atoms with E-state index in [0.29, 0.717) is 36.5 Å². The lowest BCUT2D eigenvalue weighted by molar-refractivity contribution is 0.262. The number of nitrogens with one attached hydrogen (secondary N) is 2. The molecule has 2 amide bonds. The Bertz CT molecular complexity index is 938. The molecule has 0 fully saturated rings. The Balaban J connectivity index is 1.56. The highest BCUT2D eigenvalue weighted by Crippen LogP contribution is 2.29. The summed E-state index contributed by atoms with van der Waals surface area (Å²) in [5.41, 5.74) is 1.00. The van der Waals surface area contributed by atoms with Crippen molar-refractivity contribution in [1.82, 2.24) is 10.2 Å². The summed E-state index contributed by atoms with van der Waals surface area (Å²) in [5.74, 6) is 0.163. The molecule has 0 spiro atoms. The van der Waals surface area contributed by atoms with Gasteiger partial charge in [0.25, 0.3) is 0 Å². The molecular formula is C16H11Cl2FN4OS2. The number of nitrogens with zero attached hydrogens (tertiary/aromatic N) is 2. The topological polar surface area (TPSA) is 66.9 Å². The second kappa shape index (κ2) is 8.68. The molecule has 5 nitrogen and oxygen atoms in total. The molecule has 0 saturated heterocycles. The van der Waals surface area contributed by atoms with Crippen LogP contribution in [0.5, 0.6) is 0 Å². The number of amides is 2. The molecule has 0 bridgehead atoms. The molecule has 0 unspecified atom stereocenters. The molecule has 0 aliphatic carbocycles. The van der Waals surface area contributed by atoms with E-state index >= 15 is 0 Å². The molecule has 0 saturated carbocycles. The molecule has 1 heterocycles. The van der Waals surface area contributed by atoms with Gasteiger partial charge in [0.2, 0.25) is 5.13 Å². The summed E-state index contributed by atoms with van der Waals surface area (Å²) in [6, 6.07) is 10.8. The maximum Gasteiger partial charge on any atom is 0.325 e. The van der Waals surface area contributed by atoms with E-state index < -0.39 is 6.03 Å². The third kappa shape index (κ3) is 5.07. The maximum absolute atomic E-state index is 13.6. The summed E-state index contributed by atoms with van der Waals surface area (Å²) in [5, 5.41) is 14.2. The standard InChI is InChI=1S/C16H11Cl2FN4OS2/c17-10-5-6-13(11(18)7-10)20-14(24)21-15-22-23-16(26-15)25-8-9-3-1-2-4-12(9)19/h1-7H,8H2,(H2,20,21,22,24). The van der Waals surface area contributed by atoms with Crippen LogP contribution in [0.2, 0.25) is 10.0 Å². The Labute approximate surface area is 166 Å². The summed E-state index contributed by atoms with van der Waals surface area (Å²) in [7, 11) is 0. The van der Waals surface area contributed by atoms with Gasteiger partial charge in [-0.2, -0.15) is 0 Å². The molecule has 1 aromatic heterocycles. The predicted octanol–water partition coefficient (Wildman–Crippen LogP) is 5.92. The van der Waals surface area contributed by atoms with E-state index in [-0.39, 0.29) is 5.82 Å². The van der Waals surface area contributed by atoms with Gasteiger partial charge in [0.1, 0.15) is 5.82 Å². The van der Waals surface area contributed by atoms with Gasteiger partial charge in [-0.05, 0) is 29.8 Å². The lowest BCUT2D eigenvalue weighted by atomic mass is 10.2. The highest BCUT2D eigenvalue weighted by Gasteiger charge is 2.11. The fourth-order valence-electron chi connectivity index (χ4n) is 1.92. The molecule has 0 aliphatic heterocycles. The summed E-state index contributed by atoms with van der Waals surface area (Å²) >= 11 is 14.4. The van der Waals surface area contributed by atoms with Crippen molar-refractivity contribution < 1.29 is 9.18 Å². The van der Waals surface area contributed by atoms with Crippen molar-refractivity contribution in [2.24, 2.45) is 0 Å². The van der Waals surface area contributed by atoms with Crippen LogP contribution in [-0.2, 0) is 5.75 Å². The van der Waals surface area contributed by atoms with Crippen molar-refractivity contribution in [2.45, 2.75) is 10.1 Å². The van der Waals surface area contributed by atoms with Crippen molar-refractivity contribution in [1.29, 1.82) is 0 Å². The van der Waals surface area contributed by atoms with Gasteiger partial charge >= 0.3 is 6.03 Å². The summed E-state index contributed by atoms with van der Waals surface area (Å²) in [6.07, 6.45) is 0. The molecule has 2 aromatic carbocycles. The highest BCUT2D eigenvalue weighted by molar-refractivity contribution is 8.00. The third-order valence-corrected chi connectivity index (χ3v) is 5.68. The molecule has 26 heavy (non-hydrogen) atoms. The van der Waals surface area contributed by atoms with Crippen molar-refractivity contribution >= 4 is 63.2 Å². The number of carbonyl (C=O) groups is 1. The fraction of sp³-hybridized carbons (Fsp3) is 0.0625. The van der Waals surface area contributed by atoms with Crippen molar-refractivity contribution in [3.05, 3.63) is 63.9 Å². The first kappa shape index (κ1) is 18.9. The van der Waals surface area contributed by atoms with E-state index in [1.807, 2.05) is 0 Å². The number of hydrogen-bond donors (Lipinski definition) is 2. The lowest BCUT2D eigenvalue weighted by Gasteiger charge is -2.07. The first-order chi connectivity index (χ1) is 12.5. The van der Waals surface area contributed by atoms with E-state index in [4.69, 9.17) is 23.2 Å². The fourth-order valence-corrected chi connectivity index (χ4v) is 4.10. The minimum Gasteiger partial charge on any atom is -0.306 e. The molecule has 0 radical (unpaired) electrons. The second-order valence-electron chi connectivity index (χ2n) is 4.96. The van der Waals surface area contributed by atoms with Crippen molar-refractivity contribution in [3.8, 4) is 0 Å². The zero-order valence-corrected chi connectivity index (χ0v) is 16.1.